The van der Waals surface area contributed by atoms with E-state index in [9.17, 15) is 43.2 Å². The Bertz CT molecular complexity index is 1730. The number of hydrogen-bond acceptors (Lipinski definition) is 15. The Hall–Kier alpha value is -1.94. The van der Waals surface area contributed by atoms with E-state index in [1.807, 2.05) is 0 Å². The Morgan fingerprint density at radius 1 is 0.322 bits per heavy atom. The molecule has 0 aromatic heterocycles. The zero-order valence-electron chi connectivity index (χ0n) is 56.6. The number of carbonyl (C=O) groups excluding carboxylic acids is 4. The number of rotatable bonds is 65. The van der Waals surface area contributed by atoms with E-state index in [4.69, 9.17) is 37.0 Å². The lowest BCUT2D eigenvalue weighted by Crippen LogP contribution is -2.30. The second kappa shape index (κ2) is 57.9. The molecular weight excluding hydrogens is 1150 g/mol. The van der Waals surface area contributed by atoms with Crippen molar-refractivity contribution in [1.29, 1.82) is 0 Å². The SMILES string of the molecule is CCC(C)CCCCCCCCCCC(=O)O[C@H](COC(=O)CCCCCCCCC(C)C)COP(=O)(O)OC[C@H](O)COP(=O)(O)OC[C@@H](COC(=O)CCCCCCCCCCCCCC(C)C)OC(=O)CCCCCCCCCCCC(C)C. The van der Waals surface area contributed by atoms with E-state index in [0.29, 0.717) is 31.6 Å². The molecule has 19 heteroatoms. The number of hydrogen-bond donors (Lipinski definition) is 3. The predicted molar refractivity (Wildman–Crippen MR) is 349 cm³/mol. The molecule has 0 bridgehead atoms. The van der Waals surface area contributed by atoms with Crippen LogP contribution in [0.3, 0.4) is 0 Å². The molecule has 3 N–H and O–H groups in total. The summed E-state index contributed by atoms with van der Waals surface area (Å²) in [5.74, 6) is 0.821. The Kier molecular flexibility index (Phi) is 56.6. The van der Waals surface area contributed by atoms with Gasteiger partial charge in [-0.1, -0.05) is 280 Å². The molecule has 87 heavy (non-hydrogen) atoms. The summed E-state index contributed by atoms with van der Waals surface area (Å²) in [6, 6.07) is 0. The molecule has 0 amide bonds. The molecule has 0 fully saturated rings. The van der Waals surface area contributed by atoms with Gasteiger partial charge in [0.1, 0.15) is 19.3 Å². The van der Waals surface area contributed by atoms with Crippen LogP contribution in [0.2, 0.25) is 0 Å². The zero-order valence-corrected chi connectivity index (χ0v) is 58.4. The summed E-state index contributed by atoms with van der Waals surface area (Å²) in [6.45, 7) is 14.0. The molecule has 0 aliphatic heterocycles. The van der Waals surface area contributed by atoms with E-state index in [1.165, 1.54) is 128 Å². The van der Waals surface area contributed by atoms with Gasteiger partial charge in [-0.15, -0.1) is 0 Å². The van der Waals surface area contributed by atoms with E-state index in [1.54, 1.807) is 0 Å². The molecule has 17 nitrogen and oxygen atoms in total. The third kappa shape index (κ3) is 61.3. The Balaban J connectivity index is 5.25. The van der Waals surface area contributed by atoms with Crippen molar-refractivity contribution in [3.05, 3.63) is 0 Å². The summed E-state index contributed by atoms with van der Waals surface area (Å²) in [5.41, 5.74) is 0. The fraction of sp³-hybridized carbons (Fsp3) is 0.941. The van der Waals surface area contributed by atoms with Gasteiger partial charge in [0.15, 0.2) is 12.2 Å². The molecule has 0 radical (unpaired) electrons. The number of phosphoric acid groups is 2. The van der Waals surface area contributed by atoms with Crippen LogP contribution in [0.25, 0.3) is 0 Å². The summed E-state index contributed by atoms with van der Waals surface area (Å²) >= 11 is 0. The van der Waals surface area contributed by atoms with Gasteiger partial charge in [0.05, 0.1) is 26.4 Å². The van der Waals surface area contributed by atoms with Crippen LogP contribution in [0, 0.1) is 23.7 Å². The molecular formula is C68H132O17P2. The summed E-state index contributed by atoms with van der Waals surface area (Å²) in [4.78, 5) is 72.4. The highest BCUT2D eigenvalue weighted by molar-refractivity contribution is 7.47. The number of carbonyl (C=O) groups is 4. The topological polar surface area (TPSA) is 237 Å². The molecule has 0 rings (SSSR count). The maximum Gasteiger partial charge on any atom is 0.472 e. The molecule has 0 saturated carbocycles. The average molecular weight is 1280 g/mol. The summed E-state index contributed by atoms with van der Waals surface area (Å²) in [5, 5.41) is 10.6. The van der Waals surface area contributed by atoms with E-state index >= 15 is 0 Å². The molecule has 516 valence electrons. The molecule has 0 saturated heterocycles. The van der Waals surface area contributed by atoms with Crippen molar-refractivity contribution in [2.45, 2.75) is 350 Å². The number of esters is 4. The molecule has 0 aliphatic rings. The number of ether oxygens (including phenoxy) is 4. The van der Waals surface area contributed by atoms with Crippen molar-refractivity contribution in [3.8, 4) is 0 Å². The van der Waals surface area contributed by atoms with Crippen molar-refractivity contribution in [3.63, 3.8) is 0 Å². The highest BCUT2D eigenvalue weighted by atomic mass is 31.2. The van der Waals surface area contributed by atoms with Crippen molar-refractivity contribution < 1.29 is 80.2 Å². The molecule has 0 aromatic rings. The summed E-state index contributed by atoms with van der Waals surface area (Å²) in [7, 11) is -9.90. The second-order valence-electron chi connectivity index (χ2n) is 26.2. The van der Waals surface area contributed by atoms with Gasteiger partial charge < -0.3 is 33.8 Å². The minimum atomic E-state index is -4.95. The van der Waals surface area contributed by atoms with Gasteiger partial charge in [0.25, 0.3) is 0 Å². The number of unbranched alkanes of at least 4 members (excludes halogenated alkanes) is 30. The van der Waals surface area contributed by atoms with Crippen LogP contribution in [0.1, 0.15) is 331 Å². The first-order valence-corrected chi connectivity index (χ1v) is 38.2. The monoisotopic (exact) mass is 1280 g/mol. The summed E-state index contributed by atoms with van der Waals surface area (Å²) < 4.78 is 68.2. The lowest BCUT2D eigenvalue weighted by atomic mass is 9.99. The first kappa shape index (κ1) is 85.1. The van der Waals surface area contributed by atoms with Crippen molar-refractivity contribution >= 4 is 39.5 Å². The van der Waals surface area contributed by atoms with E-state index in [2.05, 4.69) is 55.4 Å². The van der Waals surface area contributed by atoms with Crippen LogP contribution in [-0.4, -0.2) is 96.7 Å². The van der Waals surface area contributed by atoms with Gasteiger partial charge in [-0.05, 0) is 49.4 Å². The molecule has 0 aromatic carbocycles. The maximum atomic E-state index is 13.0. The standard InChI is InChI=1S/C68H132O17P2/c1-9-61(8)47-39-31-22-18-19-25-35-43-51-68(73)85-64(55-79-66(71)49-41-33-27-26-30-38-46-60(6)7)57-83-87(76,77)81-53-62(69)52-80-86(74,75)82-56-63(84-67(72)50-42-34-24-17-13-15-21-29-37-45-59(4)5)54-78-65(70)48-40-32-23-16-12-10-11-14-20-28-36-44-58(2)3/h58-64,69H,9-57H2,1-8H3,(H,74,75)(H,76,77)/t61?,62-,63-,64-/m1/s1. The van der Waals surface area contributed by atoms with Crippen LogP contribution in [-0.2, 0) is 65.4 Å². The highest BCUT2D eigenvalue weighted by Gasteiger charge is 2.30. The van der Waals surface area contributed by atoms with Crippen LogP contribution in [0.5, 0.6) is 0 Å². The third-order valence-corrected chi connectivity index (χ3v) is 17.8. The summed E-state index contributed by atoms with van der Waals surface area (Å²) in [6.07, 6.45) is 39.0. The maximum absolute atomic E-state index is 13.0. The van der Waals surface area contributed by atoms with Crippen LogP contribution < -0.4 is 0 Å². The Labute approximate surface area is 530 Å². The highest BCUT2D eigenvalue weighted by Crippen LogP contribution is 2.45. The van der Waals surface area contributed by atoms with E-state index in [-0.39, 0.29) is 25.7 Å². The zero-order chi connectivity index (χ0) is 64.7. The second-order valence-corrected chi connectivity index (χ2v) is 29.1. The average Bonchev–Trinajstić information content (AvgIpc) is 3.63. The van der Waals surface area contributed by atoms with Gasteiger partial charge in [0, 0.05) is 25.7 Å². The van der Waals surface area contributed by atoms with E-state index < -0.39 is 97.5 Å². The minimum absolute atomic E-state index is 0.103. The van der Waals surface area contributed by atoms with Gasteiger partial charge in [0.2, 0.25) is 0 Å². The van der Waals surface area contributed by atoms with Crippen LogP contribution in [0.4, 0.5) is 0 Å². The van der Waals surface area contributed by atoms with Crippen LogP contribution in [0.15, 0.2) is 0 Å². The van der Waals surface area contributed by atoms with Gasteiger partial charge in [-0.3, -0.25) is 37.3 Å². The largest absolute Gasteiger partial charge is 0.472 e. The molecule has 6 atom stereocenters. The molecule has 0 heterocycles. The Morgan fingerprint density at radius 2 is 0.552 bits per heavy atom. The number of aliphatic hydroxyl groups excluding tert-OH is 1. The van der Waals surface area contributed by atoms with E-state index in [0.717, 1.165) is 114 Å². The Morgan fingerprint density at radius 3 is 0.816 bits per heavy atom. The molecule has 0 spiro atoms. The fourth-order valence-electron chi connectivity index (χ4n) is 10.1. The lowest BCUT2D eigenvalue weighted by molar-refractivity contribution is -0.161. The van der Waals surface area contributed by atoms with Crippen LogP contribution >= 0.6 is 15.6 Å². The molecule has 0 aliphatic carbocycles. The first-order chi connectivity index (χ1) is 41.6. The predicted octanol–water partition coefficient (Wildman–Crippen LogP) is 18.9. The lowest BCUT2D eigenvalue weighted by Gasteiger charge is -2.21. The molecule has 3 unspecified atom stereocenters. The van der Waals surface area contributed by atoms with Gasteiger partial charge in [-0.25, -0.2) is 9.13 Å². The van der Waals surface area contributed by atoms with Crippen molar-refractivity contribution in [2.24, 2.45) is 23.7 Å². The fourth-order valence-corrected chi connectivity index (χ4v) is 11.7. The third-order valence-electron chi connectivity index (χ3n) is 15.9. The first-order valence-electron chi connectivity index (χ1n) is 35.2. The number of phosphoric ester groups is 2. The minimum Gasteiger partial charge on any atom is -0.462 e. The normalized spacial score (nSPS) is 14.6. The quantitative estimate of drug-likeness (QED) is 0.0222. The van der Waals surface area contributed by atoms with Gasteiger partial charge >= 0.3 is 39.5 Å². The van der Waals surface area contributed by atoms with Crippen molar-refractivity contribution in [1.82, 2.24) is 0 Å². The smallest absolute Gasteiger partial charge is 0.462 e. The van der Waals surface area contributed by atoms with Crippen molar-refractivity contribution in [2.75, 3.05) is 39.6 Å². The van der Waals surface area contributed by atoms with Gasteiger partial charge in [-0.2, -0.15) is 0 Å². The number of aliphatic hydroxyl groups is 1.